The van der Waals surface area contributed by atoms with Crippen molar-refractivity contribution < 1.29 is 19.8 Å². The van der Waals surface area contributed by atoms with E-state index in [9.17, 15) is 9.59 Å². The second kappa shape index (κ2) is 10.6. The van der Waals surface area contributed by atoms with Crippen molar-refractivity contribution in [1.29, 1.82) is 0 Å². The van der Waals surface area contributed by atoms with E-state index in [4.69, 9.17) is 15.9 Å². The molecule has 1 saturated carbocycles. The minimum absolute atomic E-state index is 0.0718. The fourth-order valence-corrected chi connectivity index (χ4v) is 2.19. The van der Waals surface area contributed by atoms with Crippen LogP contribution in [0.4, 0.5) is 0 Å². The zero-order valence-electron chi connectivity index (χ0n) is 13.3. The minimum atomic E-state index is -0.913. The molecule has 0 saturated heterocycles. The van der Waals surface area contributed by atoms with Crippen LogP contribution < -0.4 is 11.1 Å². The van der Waals surface area contributed by atoms with E-state index in [0.717, 1.165) is 19.3 Å². The average Bonchev–Trinajstić information content (AvgIpc) is 2.47. The number of hydrogen-bond donors (Lipinski definition) is 4. The van der Waals surface area contributed by atoms with Gasteiger partial charge in [-0.1, -0.05) is 39.5 Å². The Labute approximate surface area is 127 Å². The van der Waals surface area contributed by atoms with Crippen molar-refractivity contribution in [1.82, 2.24) is 5.32 Å². The van der Waals surface area contributed by atoms with Crippen LogP contribution >= 0.6 is 0 Å². The lowest BCUT2D eigenvalue weighted by Crippen LogP contribution is -2.42. The number of carboxylic acid groups (broad SMARTS) is 2. The van der Waals surface area contributed by atoms with Gasteiger partial charge in [0.2, 0.25) is 0 Å². The second-order valence-corrected chi connectivity index (χ2v) is 5.81. The Kier molecular flexibility index (Phi) is 9.99. The van der Waals surface area contributed by atoms with Crippen molar-refractivity contribution in [2.24, 2.45) is 11.7 Å². The number of hydrogen-bond acceptors (Lipinski definition) is 4. The zero-order chi connectivity index (χ0) is 16.4. The van der Waals surface area contributed by atoms with Crippen molar-refractivity contribution >= 4 is 11.9 Å². The quantitative estimate of drug-likeness (QED) is 0.595. The van der Waals surface area contributed by atoms with Crippen LogP contribution in [-0.4, -0.2) is 40.3 Å². The van der Waals surface area contributed by atoms with Gasteiger partial charge in [-0.15, -0.1) is 0 Å². The Hall–Kier alpha value is -1.14. The van der Waals surface area contributed by atoms with E-state index in [2.05, 4.69) is 5.32 Å². The van der Waals surface area contributed by atoms with Gasteiger partial charge in [0.15, 0.2) is 0 Å². The first kappa shape index (κ1) is 19.9. The van der Waals surface area contributed by atoms with Crippen molar-refractivity contribution in [2.75, 3.05) is 0 Å². The summed E-state index contributed by atoms with van der Waals surface area (Å²) in [5.41, 5.74) is 5.27. The number of carboxylic acids is 2. The van der Waals surface area contributed by atoms with Gasteiger partial charge < -0.3 is 21.3 Å². The largest absolute Gasteiger partial charge is 0.480 e. The van der Waals surface area contributed by atoms with Gasteiger partial charge in [-0.25, -0.2) is 0 Å². The summed E-state index contributed by atoms with van der Waals surface area (Å²) in [5.74, 6) is -1.59. The Morgan fingerprint density at radius 3 is 2.00 bits per heavy atom. The van der Waals surface area contributed by atoms with Crippen molar-refractivity contribution in [3.05, 3.63) is 0 Å². The number of nitrogens with one attached hydrogen (secondary N) is 1. The normalized spacial score (nSPS) is 19.8. The lowest BCUT2D eigenvalue weighted by Gasteiger charge is -2.24. The molecule has 6 nitrogen and oxygen atoms in total. The maximum atomic E-state index is 10.5. The highest BCUT2D eigenvalue weighted by atomic mass is 16.4. The molecule has 0 aromatic heterocycles. The van der Waals surface area contributed by atoms with Crippen LogP contribution in [0, 0.1) is 5.92 Å². The van der Waals surface area contributed by atoms with Crippen LogP contribution in [0.5, 0.6) is 0 Å². The summed E-state index contributed by atoms with van der Waals surface area (Å²) in [5, 5.41) is 20.1. The molecule has 1 aliphatic rings. The Balaban J connectivity index is 0.000000400. The monoisotopic (exact) mass is 302 g/mol. The van der Waals surface area contributed by atoms with Crippen molar-refractivity contribution in [3.8, 4) is 0 Å². The molecule has 0 aromatic carbocycles. The first-order chi connectivity index (χ1) is 9.79. The molecule has 0 aliphatic heterocycles. The van der Waals surface area contributed by atoms with E-state index >= 15 is 0 Å². The molecule has 0 amide bonds. The third-order valence-electron chi connectivity index (χ3n) is 4.00. The fourth-order valence-electron chi connectivity index (χ4n) is 2.19. The summed E-state index contributed by atoms with van der Waals surface area (Å²) < 4.78 is 0. The first-order valence-corrected chi connectivity index (χ1v) is 7.76. The summed E-state index contributed by atoms with van der Waals surface area (Å²) >= 11 is 0. The van der Waals surface area contributed by atoms with Gasteiger partial charge in [-0.2, -0.15) is 0 Å². The van der Waals surface area contributed by atoms with Gasteiger partial charge in [-0.05, 0) is 25.7 Å². The van der Waals surface area contributed by atoms with Gasteiger partial charge in [0.1, 0.15) is 12.1 Å². The Bertz CT molecular complexity index is 317. The molecule has 3 unspecified atom stereocenters. The molecule has 0 radical (unpaired) electrons. The third kappa shape index (κ3) is 8.67. The molecule has 1 aliphatic carbocycles. The van der Waals surface area contributed by atoms with E-state index in [1.807, 2.05) is 13.8 Å². The molecular formula is C15H30N2O4. The number of rotatable bonds is 6. The van der Waals surface area contributed by atoms with Gasteiger partial charge in [-0.3, -0.25) is 9.59 Å². The highest BCUT2D eigenvalue weighted by Gasteiger charge is 2.18. The molecule has 5 N–H and O–H groups in total. The van der Waals surface area contributed by atoms with Gasteiger partial charge >= 0.3 is 11.9 Å². The zero-order valence-corrected chi connectivity index (χ0v) is 13.3. The van der Waals surface area contributed by atoms with Gasteiger partial charge in [0.05, 0.1) is 0 Å². The summed E-state index contributed by atoms with van der Waals surface area (Å²) in [6, 6.07) is -0.659. The fraction of sp³-hybridized carbons (Fsp3) is 0.867. The molecule has 0 bridgehead atoms. The van der Waals surface area contributed by atoms with Gasteiger partial charge in [0.25, 0.3) is 0 Å². The van der Waals surface area contributed by atoms with E-state index < -0.39 is 24.0 Å². The molecule has 6 heteroatoms. The molecule has 1 fully saturated rings. The number of aliphatic carboxylic acids is 2. The first-order valence-electron chi connectivity index (χ1n) is 7.76. The van der Waals surface area contributed by atoms with Crippen LogP contribution in [0.25, 0.3) is 0 Å². The topological polar surface area (TPSA) is 113 Å². The van der Waals surface area contributed by atoms with Gasteiger partial charge in [0, 0.05) is 6.04 Å². The van der Waals surface area contributed by atoms with Crippen LogP contribution in [0.2, 0.25) is 0 Å². The molecule has 0 heterocycles. The smallest absolute Gasteiger partial charge is 0.320 e. The van der Waals surface area contributed by atoms with E-state index in [0.29, 0.717) is 6.04 Å². The van der Waals surface area contributed by atoms with E-state index in [1.165, 1.54) is 19.3 Å². The minimum Gasteiger partial charge on any atom is -0.480 e. The van der Waals surface area contributed by atoms with E-state index in [-0.39, 0.29) is 5.92 Å². The number of nitrogens with two attached hydrogens (primary N) is 1. The summed E-state index contributed by atoms with van der Waals surface area (Å²) in [6.45, 7) is 5.46. The van der Waals surface area contributed by atoms with Crippen LogP contribution in [-0.2, 0) is 9.59 Å². The average molecular weight is 302 g/mol. The van der Waals surface area contributed by atoms with Crippen LogP contribution in [0.1, 0.15) is 59.3 Å². The number of carbonyl (C=O) groups is 2. The second-order valence-electron chi connectivity index (χ2n) is 5.81. The molecule has 124 valence electrons. The molecule has 21 heavy (non-hydrogen) atoms. The van der Waals surface area contributed by atoms with E-state index in [1.54, 1.807) is 6.92 Å². The molecule has 0 spiro atoms. The highest BCUT2D eigenvalue weighted by Crippen LogP contribution is 2.17. The Morgan fingerprint density at radius 2 is 1.67 bits per heavy atom. The summed E-state index contributed by atoms with van der Waals surface area (Å²) in [6.07, 6.45) is 6.87. The summed E-state index contributed by atoms with van der Waals surface area (Å²) in [7, 11) is 0. The maximum absolute atomic E-state index is 10.5. The molecule has 3 atom stereocenters. The highest BCUT2D eigenvalue weighted by molar-refractivity contribution is 5.73. The third-order valence-corrected chi connectivity index (χ3v) is 4.00. The van der Waals surface area contributed by atoms with Crippen LogP contribution in [0.3, 0.4) is 0 Å². The summed E-state index contributed by atoms with van der Waals surface area (Å²) in [4.78, 5) is 20.7. The molecular weight excluding hydrogens is 272 g/mol. The van der Waals surface area contributed by atoms with Crippen molar-refractivity contribution in [3.63, 3.8) is 0 Å². The predicted octanol–water partition coefficient (Wildman–Crippen LogP) is 1.83. The van der Waals surface area contributed by atoms with Crippen molar-refractivity contribution in [2.45, 2.75) is 77.4 Å². The Morgan fingerprint density at radius 1 is 1.14 bits per heavy atom. The lowest BCUT2D eigenvalue weighted by molar-refractivity contribution is -0.140. The standard InChI is InChI=1S/C9H17NO2.C6H13NO2/c1-7(9(11)12)10-8-5-3-2-4-6-8;1-3-4(2)5(7)6(8)9/h7-8,10H,2-6H2,1H3,(H,11,12);4-5H,3,7H2,1-2H3,(H,8,9). The predicted molar refractivity (Wildman–Crippen MR) is 82.2 cm³/mol. The molecule has 0 aromatic rings. The SMILES string of the molecule is CC(NC1CCCCC1)C(=O)O.CCC(C)C(N)C(=O)O. The maximum Gasteiger partial charge on any atom is 0.320 e. The molecule has 1 rings (SSSR count). The van der Waals surface area contributed by atoms with Crippen LogP contribution in [0.15, 0.2) is 0 Å². The lowest BCUT2D eigenvalue weighted by atomic mass is 9.95.